The lowest BCUT2D eigenvalue weighted by molar-refractivity contribution is 0.0698. The van der Waals surface area contributed by atoms with Crippen LogP contribution in [0.2, 0.25) is 0 Å². The summed E-state index contributed by atoms with van der Waals surface area (Å²) in [7, 11) is 0. The third-order valence-corrected chi connectivity index (χ3v) is 3.12. The summed E-state index contributed by atoms with van der Waals surface area (Å²) in [4.78, 5) is 27.7. The Morgan fingerprint density at radius 2 is 1.76 bits per heavy atom. The number of amides is 1. The summed E-state index contributed by atoms with van der Waals surface area (Å²) >= 11 is 0. The minimum absolute atomic E-state index is 0.0704. The van der Waals surface area contributed by atoms with Gasteiger partial charge in [0.2, 0.25) is 0 Å². The number of aromatic nitrogens is 1. The van der Waals surface area contributed by atoms with E-state index in [0.717, 1.165) is 11.3 Å². The molecule has 5 nitrogen and oxygen atoms in total. The van der Waals surface area contributed by atoms with E-state index in [4.69, 9.17) is 0 Å². The topological polar surface area (TPSA) is 79.3 Å². The van der Waals surface area contributed by atoms with Gasteiger partial charge in [0.1, 0.15) is 0 Å². The van der Waals surface area contributed by atoms with Gasteiger partial charge in [-0.05, 0) is 45.0 Å². The highest BCUT2D eigenvalue weighted by Gasteiger charge is 2.15. The van der Waals surface area contributed by atoms with Crippen molar-refractivity contribution < 1.29 is 14.7 Å². The zero-order valence-electron chi connectivity index (χ0n) is 12.1. The number of nitrogens with zero attached hydrogens (tertiary/aromatic N) is 1. The van der Waals surface area contributed by atoms with Crippen molar-refractivity contribution in [3.8, 4) is 0 Å². The molecule has 2 rings (SSSR count). The van der Waals surface area contributed by atoms with E-state index in [0.29, 0.717) is 11.3 Å². The van der Waals surface area contributed by atoms with Gasteiger partial charge in [0.25, 0.3) is 5.91 Å². The first kappa shape index (κ1) is 14.7. The SMILES string of the molecule is Cc1ccc(NC(=O)c2ccc(C)nc2C)c(C(=O)O)c1. The highest BCUT2D eigenvalue weighted by molar-refractivity contribution is 6.08. The Morgan fingerprint density at radius 1 is 1.05 bits per heavy atom. The molecule has 0 fully saturated rings. The van der Waals surface area contributed by atoms with Gasteiger partial charge in [-0.15, -0.1) is 0 Å². The van der Waals surface area contributed by atoms with Crippen LogP contribution in [0.3, 0.4) is 0 Å². The van der Waals surface area contributed by atoms with Crippen LogP contribution < -0.4 is 5.32 Å². The number of nitrogens with one attached hydrogen (secondary N) is 1. The van der Waals surface area contributed by atoms with Gasteiger partial charge in [0.15, 0.2) is 0 Å². The van der Waals surface area contributed by atoms with Crippen LogP contribution in [0.4, 0.5) is 5.69 Å². The molecule has 0 aliphatic rings. The molecule has 1 aromatic heterocycles. The first-order valence-electron chi connectivity index (χ1n) is 6.48. The van der Waals surface area contributed by atoms with Crippen molar-refractivity contribution in [1.29, 1.82) is 0 Å². The number of carbonyl (C=O) groups is 2. The van der Waals surface area contributed by atoms with Crippen molar-refractivity contribution in [2.45, 2.75) is 20.8 Å². The summed E-state index contributed by atoms with van der Waals surface area (Å²) in [5, 5.41) is 11.8. The van der Waals surface area contributed by atoms with Crippen LogP contribution in [0.15, 0.2) is 30.3 Å². The maximum absolute atomic E-state index is 12.3. The molecule has 0 saturated heterocycles. The molecule has 0 aliphatic heterocycles. The second-order valence-electron chi connectivity index (χ2n) is 4.89. The predicted octanol–water partition coefficient (Wildman–Crippen LogP) is 2.96. The third-order valence-electron chi connectivity index (χ3n) is 3.12. The highest BCUT2D eigenvalue weighted by atomic mass is 16.4. The molecular weight excluding hydrogens is 268 g/mol. The molecule has 0 unspecified atom stereocenters. The summed E-state index contributed by atoms with van der Waals surface area (Å²) < 4.78 is 0. The zero-order chi connectivity index (χ0) is 15.6. The number of carboxylic acid groups (broad SMARTS) is 1. The molecule has 2 N–H and O–H groups in total. The molecule has 1 heterocycles. The number of hydrogen-bond donors (Lipinski definition) is 2. The summed E-state index contributed by atoms with van der Waals surface area (Å²) in [6.07, 6.45) is 0. The van der Waals surface area contributed by atoms with Crippen LogP contribution in [0, 0.1) is 20.8 Å². The van der Waals surface area contributed by atoms with Crippen LogP contribution in [-0.2, 0) is 0 Å². The molecule has 108 valence electrons. The Labute approximate surface area is 122 Å². The Morgan fingerprint density at radius 3 is 2.38 bits per heavy atom. The number of rotatable bonds is 3. The lowest BCUT2D eigenvalue weighted by Gasteiger charge is -2.10. The average Bonchev–Trinajstić information content (AvgIpc) is 2.40. The van der Waals surface area contributed by atoms with Gasteiger partial charge in [-0.25, -0.2) is 4.79 Å². The van der Waals surface area contributed by atoms with Crippen molar-refractivity contribution >= 4 is 17.6 Å². The van der Waals surface area contributed by atoms with E-state index in [-0.39, 0.29) is 17.2 Å². The Kier molecular flexibility index (Phi) is 4.03. The average molecular weight is 284 g/mol. The lowest BCUT2D eigenvalue weighted by atomic mass is 10.1. The quantitative estimate of drug-likeness (QED) is 0.908. The molecule has 1 aromatic carbocycles. The monoisotopic (exact) mass is 284 g/mol. The number of carbonyl (C=O) groups excluding carboxylic acids is 1. The Balaban J connectivity index is 2.34. The Hall–Kier alpha value is -2.69. The molecule has 2 aromatic rings. The van der Waals surface area contributed by atoms with Crippen molar-refractivity contribution in [3.05, 3.63) is 58.4 Å². The van der Waals surface area contributed by atoms with Crippen LogP contribution >= 0.6 is 0 Å². The second kappa shape index (κ2) is 5.75. The first-order chi connectivity index (χ1) is 9.88. The maximum Gasteiger partial charge on any atom is 0.337 e. The van der Waals surface area contributed by atoms with E-state index in [1.807, 2.05) is 6.92 Å². The summed E-state index contributed by atoms with van der Waals surface area (Å²) in [6, 6.07) is 8.30. The van der Waals surface area contributed by atoms with Crippen LogP contribution in [0.1, 0.15) is 37.7 Å². The van der Waals surface area contributed by atoms with E-state index in [2.05, 4.69) is 10.3 Å². The van der Waals surface area contributed by atoms with Crippen molar-refractivity contribution in [2.75, 3.05) is 5.32 Å². The standard InChI is InChI=1S/C16H16N2O3/c1-9-4-7-14(13(8-9)16(20)21)18-15(19)12-6-5-10(2)17-11(12)3/h4-8H,1-3H3,(H,18,19)(H,20,21). The molecule has 0 saturated carbocycles. The van der Waals surface area contributed by atoms with Crippen molar-refractivity contribution in [2.24, 2.45) is 0 Å². The minimum Gasteiger partial charge on any atom is -0.478 e. The predicted molar refractivity (Wildman–Crippen MR) is 79.8 cm³/mol. The molecule has 5 heteroatoms. The fourth-order valence-corrected chi connectivity index (χ4v) is 2.06. The van der Waals surface area contributed by atoms with Crippen molar-refractivity contribution in [1.82, 2.24) is 4.98 Å². The first-order valence-corrected chi connectivity index (χ1v) is 6.48. The van der Waals surface area contributed by atoms with Gasteiger partial charge in [0, 0.05) is 5.69 Å². The number of aromatic carboxylic acids is 1. The Bertz CT molecular complexity index is 723. The van der Waals surface area contributed by atoms with Gasteiger partial charge in [-0.3, -0.25) is 9.78 Å². The lowest BCUT2D eigenvalue weighted by Crippen LogP contribution is -2.16. The molecule has 0 atom stereocenters. The minimum atomic E-state index is -1.08. The summed E-state index contributed by atoms with van der Waals surface area (Å²) in [6.45, 7) is 5.39. The number of hydrogen-bond acceptors (Lipinski definition) is 3. The smallest absolute Gasteiger partial charge is 0.337 e. The molecule has 0 radical (unpaired) electrons. The van der Waals surface area contributed by atoms with E-state index in [1.165, 1.54) is 6.07 Å². The molecule has 0 bridgehead atoms. The van der Waals surface area contributed by atoms with E-state index in [1.54, 1.807) is 38.1 Å². The highest BCUT2D eigenvalue weighted by Crippen LogP contribution is 2.19. The van der Waals surface area contributed by atoms with Crippen LogP contribution in [0.5, 0.6) is 0 Å². The number of aryl methyl sites for hydroxylation is 3. The number of anilines is 1. The fraction of sp³-hybridized carbons (Fsp3) is 0.188. The second-order valence-corrected chi connectivity index (χ2v) is 4.89. The molecule has 21 heavy (non-hydrogen) atoms. The van der Waals surface area contributed by atoms with Crippen LogP contribution in [0.25, 0.3) is 0 Å². The van der Waals surface area contributed by atoms with Gasteiger partial charge in [-0.1, -0.05) is 11.6 Å². The van der Waals surface area contributed by atoms with E-state index >= 15 is 0 Å². The van der Waals surface area contributed by atoms with Crippen molar-refractivity contribution in [3.63, 3.8) is 0 Å². The van der Waals surface area contributed by atoms with Gasteiger partial charge < -0.3 is 10.4 Å². The number of pyridine rings is 1. The normalized spacial score (nSPS) is 10.2. The van der Waals surface area contributed by atoms with Crippen LogP contribution in [-0.4, -0.2) is 22.0 Å². The molecule has 0 aliphatic carbocycles. The van der Waals surface area contributed by atoms with Gasteiger partial charge in [0.05, 0.1) is 22.5 Å². The van der Waals surface area contributed by atoms with Gasteiger partial charge >= 0.3 is 5.97 Å². The fourth-order valence-electron chi connectivity index (χ4n) is 2.06. The van der Waals surface area contributed by atoms with E-state index in [9.17, 15) is 14.7 Å². The molecule has 1 amide bonds. The number of carboxylic acids is 1. The third kappa shape index (κ3) is 3.25. The summed E-state index contributed by atoms with van der Waals surface area (Å²) in [5.74, 6) is -1.45. The maximum atomic E-state index is 12.3. The van der Waals surface area contributed by atoms with Gasteiger partial charge in [-0.2, -0.15) is 0 Å². The molecule has 0 spiro atoms. The number of benzene rings is 1. The zero-order valence-corrected chi connectivity index (χ0v) is 12.1. The van der Waals surface area contributed by atoms with E-state index < -0.39 is 5.97 Å². The largest absolute Gasteiger partial charge is 0.478 e. The molecular formula is C16H16N2O3. The summed E-state index contributed by atoms with van der Waals surface area (Å²) in [5.41, 5.74) is 3.03.